The number of sulfonamides is 1. The molecule has 0 atom stereocenters. The SMILES string of the molecule is CC(C)(C)CNS(=O)(=O)c1cccc(CNC2CC2)c1. The molecule has 2 N–H and O–H groups in total. The van der Waals surface area contributed by atoms with E-state index in [4.69, 9.17) is 0 Å². The van der Waals surface area contributed by atoms with E-state index in [1.807, 2.05) is 26.8 Å². The summed E-state index contributed by atoms with van der Waals surface area (Å²) in [6.07, 6.45) is 2.45. The average Bonchev–Trinajstić information content (AvgIpc) is 3.18. The fourth-order valence-corrected chi connectivity index (χ4v) is 3.12. The summed E-state index contributed by atoms with van der Waals surface area (Å²) >= 11 is 0. The molecule has 4 nitrogen and oxygen atoms in total. The van der Waals surface area contributed by atoms with Gasteiger partial charge in [0.25, 0.3) is 0 Å². The predicted octanol–water partition coefficient (Wildman–Crippen LogP) is 2.26. The van der Waals surface area contributed by atoms with Crippen LogP contribution in [0.2, 0.25) is 0 Å². The Balaban J connectivity index is 2.04. The Bertz CT molecular complexity index is 557. The van der Waals surface area contributed by atoms with E-state index in [-0.39, 0.29) is 5.41 Å². The van der Waals surface area contributed by atoms with E-state index in [0.29, 0.717) is 17.5 Å². The summed E-state index contributed by atoms with van der Waals surface area (Å²) in [5, 5.41) is 3.39. The lowest BCUT2D eigenvalue weighted by Gasteiger charge is -2.19. The average molecular weight is 296 g/mol. The summed E-state index contributed by atoms with van der Waals surface area (Å²) in [5.74, 6) is 0. The van der Waals surface area contributed by atoms with Crippen LogP contribution in [-0.2, 0) is 16.6 Å². The largest absolute Gasteiger partial charge is 0.310 e. The Hall–Kier alpha value is -0.910. The van der Waals surface area contributed by atoms with Gasteiger partial charge in [-0.05, 0) is 36.0 Å². The normalized spacial score (nSPS) is 16.4. The zero-order chi connectivity index (χ0) is 14.8. The summed E-state index contributed by atoms with van der Waals surface area (Å²) in [5.41, 5.74) is 0.939. The fourth-order valence-electron chi connectivity index (χ4n) is 1.77. The van der Waals surface area contributed by atoms with Gasteiger partial charge in [-0.25, -0.2) is 13.1 Å². The van der Waals surface area contributed by atoms with Crippen molar-refractivity contribution in [2.75, 3.05) is 6.54 Å². The van der Waals surface area contributed by atoms with Crippen LogP contribution in [0, 0.1) is 5.41 Å². The molecule has 0 heterocycles. The zero-order valence-electron chi connectivity index (χ0n) is 12.4. The molecule has 0 aliphatic heterocycles. The minimum atomic E-state index is -3.42. The summed E-state index contributed by atoms with van der Waals surface area (Å²) in [4.78, 5) is 0.344. The molecule has 1 aromatic rings. The molecule has 0 saturated heterocycles. The first-order valence-electron chi connectivity index (χ1n) is 7.08. The Labute approximate surface area is 122 Å². The summed E-state index contributed by atoms with van der Waals surface area (Å²) < 4.78 is 27.2. The molecule has 0 spiro atoms. The van der Waals surface area contributed by atoms with Crippen molar-refractivity contribution in [1.29, 1.82) is 0 Å². The van der Waals surface area contributed by atoms with Crippen LogP contribution in [0.3, 0.4) is 0 Å². The number of nitrogens with one attached hydrogen (secondary N) is 2. The maximum Gasteiger partial charge on any atom is 0.240 e. The molecule has 1 aliphatic rings. The lowest BCUT2D eigenvalue weighted by molar-refractivity contribution is 0.407. The van der Waals surface area contributed by atoms with Crippen LogP contribution in [0.4, 0.5) is 0 Å². The maximum absolute atomic E-state index is 12.3. The van der Waals surface area contributed by atoms with Crippen molar-refractivity contribution in [3.05, 3.63) is 29.8 Å². The smallest absolute Gasteiger partial charge is 0.240 e. The first-order valence-corrected chi connectivity index (χ1v) is 8.57. The quantitative estimate of drug-likeness (QED) is 0.846. The third-order valence-electron chi connectivity index (χ3n) is 3.17. The van der Waals surface area contributed by atoms with E-state index in [2.05, 4.69) is 10.0 Å². The fraction of sp³-hybridized carbons (Fsp3) is 0.600. The minimum Gasteiger partial charge on any atom is -0.310 e. The molecule has 2 rings (SSSR count). The van der Waals surface area contributed by atoms with Gasteiger partial charge in [-0.3, -0.25) is 0 Å². The lowest BCUT2D eigenvalue weighted by atomic mass is 9.98. The van der Waals surface area contributed by atoms with E-state index >= 15 is 0 Å². The Morgan fingerprint density at radius 3 is 2.55 bits per heavy atom. The molecule has 0 aromatic heterocycles. The zero-order valence-corrected chi connectivity index (χ0v) is 13.3. The van der Waals surface area contributed by atoms with Gasteiger partial charge in [0, 0.05) is 19.1 Å². The molecule has 0 bridgehead atoms. The van der Waals surface area contributed by atoms with Crippen LogP contribution in [0.5, 0.6) is 0 Å². The molecule has 1 saturated carbocycles. The number of hydrogen-bond donors (Lipinski definition) is 2. The second kappa shape index (κ2) is 5.84. The summed E-state index contributed by atoms with van der Waals surface area (Å²) in [6.45, 7) is 7.18. The van der Waals surface area contributed by atoms with Crippen LogP contribution in [0.25, 0.3) is 0 Å². The molecule has 0 amide bonds. The van der Waals surface area contributed by atoms with Crippen molar-refractivity contribution < 1.29 is 8.42 Å². The van der Waals surface area contributed by atoms with E-state index in [1.165, 1.54) is 12.8 Å². The molecule has 0 radical (unpaired) electrons. The summed E-state index contributed by atoms with van der Waals surface area (Å²) in [7, 11) is -3.42. The topological polar surface area (TPSA) is 58.2 Å². The van der Waals surface area contributed by atoms with E-state index in [9.17, 15) is 8.42 Å². The highest BCUT2D eigenvalue weighted by Crippen LogP contribution is 2.20. The summed E-state index contributed by atoms with van der Waals surface area (Å²) in [6, 6.07) is 7.77. The van der Waals surface area contributed by atoms with Gasteiger partial charge in [0.1, 0.15) is 0 Å². The van der Waals surface area contributed by atoms with Crippen LogP contribution >= 0.6 is 0 Å². The van der Waals surface area contributed by atoms with Crippen molar-refractivity contribution in [1.82, 2.24) is 10.0 Å². The van der Waals surface area contributed by atoms with Gasteiger partial charge >= 0.3 is 0 Å². The second-order valence-electron chi connectivity index (χ2n) is 6.69. The monoisotopic (exact) mass is 296 g/mol. The molecule has 1 aliphatic carbocycles. The van der Waals surface area contributed by atoms with Gasteiger partial charge in [-0.15, -0.1) is 0 Å². The van der Waals surface area contributed by atoms with Crippen molar-refractivity contribution in [3.8, 4) is 0 Å². The predicted molar refractivity (Wildman–Crippen MR) is 80.9 cm³/mol. The number of rotatable bonds is 6. The third kappa shape index (κ3) is 4.89. The molecule has 112 valence electrons. The van der Waals surface area contributed by atoms with Gasteiger partial charge in [0.15, 0.2) is 0 Å². The standard InChI is InChI=1S/C15H24N2O2S/c1-15(2,3)11-17-20(18,19)14-6-4-5-12(9-14)10-16-13-7-8-13/h4-6,9,13,16-17H,7-8,10-11H2,1-3H3. The maximum atomic E-state index is 12.3. The van der Waals surface area contributed by atoms with Gasteiger partial charge < -0.3 is 5.32 Å². The highest BCUT2D eigenvalue weighted by Gasteiger charge is 2.21. The molecular formula is C15H24N2O2S. The molecule has 1 fully saturated rings. The molecule has 1 aromatic carbocycles. The highest BCUT2D eigenvalue weighted by molar-refractivity contribution is 7.89. The minimum absolute atomic E-state index is 0.0712. The van der Waals surface area contributed by atoms with Crippen LogP contribution in [0.1, 0.15) is 39.2 Å². The second-order valence-corrected chi connectivity index (χ2v) is 8.45. The Morgan fingerprint density at radius 1 is 1.25 bits per heavy atom. The van der Waals surface area contributed by atoms with Gasteiger partial charge in [-0.1, -0.05) is 32.9 Å². The highest BCUT2D eigenvalue weighted by atomic mass is 32.2. The van der Waals surface area contributed by atoms with Crippen molar-refractivity contribution >= 4 is 10.0 Å². The van der Waals surface area contributed by atoms with Crippen molar-refractivity contribution in [2.24, 2.45) is 5.41 Å². The first kappa shape index (κ1) is 15.5. The van der Waals surface area contributed by atoms with E-state index < -0.39 is 10.0 Å². The van der Waals surface area contributed by atoms with Crippen LogP contribution in [0.15, 0.2) is 29.2 Å². The van der Waals surface area contributed by atoms with Crippen molar-refractivity contribution in [2.45, 2.75) is 51.1 Å². The van der Waals surface area contributed by atoms with Crippen LogP contribution in [-0.4, -0.2) is 21.0 Å². The van der Waals surface area contributed by atoms with E-state index in [1.54, 1.807) is 18.2 Å². The number of hydrogen-bond acceptors (Lipinski definition) is 3. The first-order chi connectivity index (χ1) is 9.26. The number of benzene rings is 1. The Kier molecular flexibility index (Phi) is 4.52. The Morgan fingerprint density at radius 2 is 1.95 bits per heavy atom. The van der Waals surface area contributed by atoms with Gasteiger partial charge in [-0.2, -0.15) is 0 Å². The van der Waals surface area contributed by atoms with E-state index in [0.717, 1.165) is 12.1 Å². The van der Waals surface area contributed by atoms with Gasteiger partial charge in [0.05, 0.1) is 4.90 Å². The molecule has 5 heteroatoms. The lowest BCUT2D eigenvalue weighted by Crippen LogP contribution is -2.32. The molecule has 20 heavy (non-hydrogen) atoms. The molecular weight excluding hydrogens is 272 g/mol. The van der Waals surface area contributed by atoms with Gasteiger partial charge in [0.2, 0.25) is 10.0 Å². The third-order valence-corrected chi connectivity index (χ3v) is 4.57. The van der Waals surface area contributed by atoms with Crippen molar-refractivity contribution in [3.63, 3.8) is 0 Å². The van der Waals surface area contributed by atoms with Crippen LogP contribution < -0.4 is 10.0 Å². The molecule has 0 unspecified atom stereocenters.